The van der Waals surface area contributed by atoms with E-state index in [1.165, 1.54) is 4.90 Å². The van der Waals surface area contributed by atoms with Crippen LogP contribution < -0.4 is 0 Å². The predicted octanol–water partition coefficient (Wildman–Crippen LogP) is -0.490. The highest BCUT2D eigenvalue weighted by Crippen LogP contribution is 2.18. The van der Waals surface area contributed by atoms with Crippen LogP contribution >= 0.6 is 0 Å². The number of amides is 1. The topological polar surface area (TPSA) is 70.0 Å². The van der Waals surface area contributed by atoms with Crippen molar-refractivity contribution >= 4 is 5.91 Å². The molecule has 16 heavy (non-hydrogen) atoms. The maximum atomic E-state index is 11.7. The van der Waals surface area contributed by atoms with E-state index in [0.29, 0.717) is 6.42 Å². The SMILES string of the molecule is O=C(CCC1CCCO1)N1C[C@@H](O)[C@@H](O)C1. The molecule has 2 saturated heterocycles. The van der Waals surface area contributed by atoms with Crippen molar-refractivity contribution in [2.75, 3.05) is 19.7 Å². The number of β-amino-alcohol motifs (C(OH)–C–C–N with tert-alkyl or cyclic N) is 2. The number of hydrogen-bond donors (Lipinski definition) is 2. The van der Waals surface area contributed by atoms with E-state index in [2.05, 4.69) is 0 Å². The molecule has 0 aliphatic carbocycles. The van der Waals surface area contributed by atoms with Gasteiger partial charge < -0.3 is 19.8 Å². The van der Waals surface area contributed by atoms with E-state index < -0.39 is 12.2 Å². The fourth-order valence-corrected chi connectivity index (χ4v) is 2.29. The quantitative estimate of drug-likeness (QED) is 0.685. The predicted molar refractivity (Wildman–Crippen MR) is 56.8 cm³/mol. The Balaban J connectivity index is 1.71. The Morgan fingerprint density at radius 2 is 2.00 bits per heavy atom. The van der Waals surface area contributed by atoms with Crippen LogP contribution in [0.5, 0.6) is 0 Å². The standard InChI is InChI=1S/C11H19NO4/c13-9-6-12(7-10(9)14)11(15)4-3-8-2-1-5-16-8/h8-10,13-14H,1-7H2/t8?,9-,10+. The average molecular weight is 229 g/mol. The van der Waals surface area contributed by atoms with Crippen molar-refractivity contribution in [3.8, 4) is 0 Å². The van der Waals surface area contributed by atoms with Crippen LogP contribution in [0.2, 0.25) is 0 Å². The van der Waals surface area contributed by atoms with Gasteiger partial charge in [0.2, 0.25) is 5.91 Å². The summed E-state index contributed by atoms with van der Waals surface area (Å²) in [6, 6.07) is 0. The van der Waals surface area contributed by atoms with E-state index in [9.17, 15) is 15.0 Å². The van der Waals surface area contributed by atoms with E-state index in [0.717, 1.165) is 25.9 Å². The Bertz CT molecular complexity index is 242. The number of ether oxygens (including phenoxy) is 1. The van der Waals surface area contributed by atoms with Crippen LogP contribution in [0.1, 0.15) is 25.7 Å². The van der Waals surface area contributed by atoms with Gasteiger partial charge in [0.05, 0.1) is 18.3 Å². The van der Waals surface area contributed by atoms with Crippen molar-refractivity contribution < 1.29 is 19.7 Å². The van der Waals surface area contributed by atoms with Crippen LogP contribution in [0.25, 0.3) is 0 Å². The van der Waals surface area contributed by atoms with Crippen molar-refractivity contribution in [1.29, 1.82) is 0 Å². The Kier molecular flexibility index (Phi) is 3.78. The van der Waals surface area contributed by atoms with Gasteiger partial charge in [-0.15, -0.1) is 0 Å². The number of rotatable bonds is 3. The monoisotopic (exact) mass is 229 g/mol. The molecule has 0 saturated carbocycles. The van der Waals surface area contributed by atoms with Crippen molar-refractivity contribution in [1.82, 2.24) is 4.90 Å². The second kappa shape index (κ2) is 5.12. The molecule has 2 rings (SSSR count). The van der Waals surface area contributed by atoms with Gasteiger partial charge >= 0.3 is 0 Å². The minimum atomic E-state index is -0.785. The maximum absolute atomic E-state index is 11.7. The summed E-state index contributed by atoms with van der Waals surface area (Å²) in [5, 5.41) is 18.7. The van der Waals surface area contributed by atoms with Gasteiger partial charge in [0, 0.05) is 26.1 Å². The van der Waals surface area contributed by atoms with Gasteiger partial charge in [-0.2, -0.15) is 0 Å². The summed E-state index contributed by atoms with van der Waals surface area (Å²) in [5.41, 5.74) is 0. The molecular weight excluding hydrogens is 210 g/mol. The van der Waals surface area contributed by atoms with E-state index >= 15 is 0 Å². The molecule has 2 fully saturated rings. The molecule has 92 valence electrons. The Labute approximate surface area is 95.0 Å². The number of carbonyl (C=O) groups is 1. The molecule has 1 amide bonds. The molecule has 3 atom stereocenters. The fourth-order valence-electron chi connectivity index (χ4n) is 2.29. The van der Waals surface area contributed by atoms with Gasteiger partial charge in [-0.05, 0) is 19.3 Å². The smallest absolute Gasteiger partial charge is 0.222 e. The largest absolute Gasteiger partial charge is 0.388 e. The summed E-state index contributed by atoms with van der Waals surface area (Å²) in [6.45, 7) is 1.32. The first kappa shape index (κ1) is 11.8. The number of hydrogen-bond acceptors (Lipinski definition) is 4. The molecule has 0 bridgehead atoms. The molecule has 1 unspecified atom stereocenters. The highest BCUT2D eigenvalue weighted by atomic mass is 16.5. The van der Waals surface area contributed by atoms with Gasteiger partial charge in [0.25, 0.3) is 0 Å². The van der Waals surface area contributed by atoms with E-state index in [-0.39, 0.29) is 25.1 Å². The molecule has 2 heterocycles. The van der Waals surface area contributed by atoms with Crippen LogP contribution in [0, 0.1) is 0 Å². The number of aliphatic hydroxyl groups is 2. The number of nitrogens with zero attached hydrogens (tertiary/aromatic N) is 1. The second-order valence-electron chi connectivity index (χ2n) is 4.61. The van der Waals surface area contributed by atoms with Crippen LogP contribution in [-0.4, -0.2) is 59.0 Å². The summed E-state index contributed by atoms with van der Waals surface area (Å²) in [6.07, 6.45) is 1.98. The van der Waals surface area contributed by atoms with Crippen LogP contribution in [-0.2, 0) is 9.53 Å². The van der Waals surface area contributed by atoms with E-state index in [1.807, 2.05) is 0 Å². The van der Waals surface area contributed by atoms with Crippen LogP contribution in [0.3, 0.4) is 0 Å². The third-order valence-electron chi connectivity index (χ3n) is 3.32. The Hall–Kier alpha value is -0.650. The zero-order chi connectivity index (χ0) is 11.5. The summed E-state index contributed by atoms with van der Waals surface area (Å²) in [4.78, 5) is 13.3. The van der Waals surface area contributed by atoms with Crippen LogP contribution in [0.4, 0.5) is 0 Å². The minimum absolute atomic E-state index is 0.00565. The molecule has 5 heteroatoms. The van der Waals surface area contributed by atoms with Crippen molar-refractivity contribution in [2.24, 2.45) is 0 Å². The first-order valence-corrected chi connectivity index (χ1v) is 5.92. The lowest BCUT2D eigenvalue weighted by Crippen LogP contribution is -2.30. The normalized spacial score (nSPS) is 34.6. The number of likely N-dealkylation sites (tertiary alicyclic amines) is 1. The van der Waals surface area contributed by atoms with E-state index in [4.69, 9.17) is 4.74 Å². The summed E-state index contributed by atoms with van der Waals surface area (Å²) in [5.74, 6) is 0.00565. The third-order valence-corrected chi connectivity index (χ3v) is 3.32. The minimum Gasteiger partial charge on any atom is -0.388 e. The highest BCUT2D eigenvalue weighted by molar-refractivity contribution is 5.76. The molecular formula is C11H19NO4. The summed E-state index contributed by atoms with van der Waals surface area (Å²) >= 11 is 0. The summed E-state index contributed by atoms with van der Waals surface area (Å²) in [7, 11) is 0. The second-order valence-corrected chi connectivity index (χ2v) is 4.61. The fraction of sp³-hybridized carbons (Fsp3) is 0.909. The molecule has 2 aliphatic rings. The Morgan fingerprint density at radius 1 is 1.31 bits per heavy atom. The van der Waals surface area contributed by atoms with Gasteiger partial charge in [-0.1, -0.05) is 0 Å². The lowest BCUT2D eigenvalue weighted by molar-refractivity contribution is -0.131. The van der Waals surface area contributed by atoms with Gasteiger partial charge in [-0.25, -0.2) is 0 Å². The Morgan fingerprint density at radius 3 is 2.56 bits per heavy atom. The summed E-state index contributed by atoms with van der Waals surface area (Å²) < 4.78 is 5.44. The molecule has 0 aromatic rings. The lowest BCUT2D eigenvalue weighted by Gasteiger charge is -2.16. The van der Waals surface area contributed by atoms with Gasteiger partial charge in [0.15, 0.2) is 0 Å². The van der Waals surface area contributed by atoms with Crippen molar-refractivity contribution in [3.05, 3.63) is 0 Å². The van der Waals surface area contributed by atoms with Crippen molar-refractivity contribution in [3.63, 3.8) is 0 Å². The van der Waals surface area contributed by atoms with Gasteiger partial charge in [-0.3, -0.25) is 4.79 Å². The van der Waals surface area contributed by atoms with Gasteiger partial charge in [0.1, 0.15) is 0 Å². The molecule has 0 spiro atoms. The molecule has 2 aliphatic heterocycles. The highest BCUT2D eigenvalue weighted by Gasteiger charge is 2.32. The molecule has 5 nitrogen and oxygen atoms in total. The van der Waals surface area contributed by atoms with E-state index in [1.54, 1.807) is 0 Å². The van der Waals surface area contributed by atoms with Crippen LogP contribution in [0.15, 0.2) is 0 Å². The molecule has 0 aromatic carbocycles. The zero-order valence-corrected chi connectivity index (χ0v) is 9.34. The lowest BCUT2D eigenvalue weighted by atomic mass is 10.1. The third kappa shape index (κ3) is 2.72. The average Bonchev–Trinajstić information content (AvgIpc) is 2.86. The van der Waals surface area contributed by atoms with Crippen molar-refractivity contribution in [2.45, 2.75) is 44.0 Å². The first-order valence-electron chi connectivity index (χ1n) is 5.92. The molecule has 0 radical (unpaired) electrons. The maximum Gasteiger partial charge on any atom is 0.222 e. The molecule has 2 N–H and O–H groups in total. The number of carbonyl (C=O) groups excluding carboxylic acids is 1. The number of aliphatic hydroxyl groups excluding tert-OH is 2. The zero-order valence-electron chi connectivity index (χ0n) is 9.34. The first-order chi connectivity index (χ1) is 7.66. The molecule has 0 aromatic heterocycles.